The van der Waals surface area contributed by atoms with Gasteiger partial charge in [-0.1, -0.05) is 13.8 Å². The number of halogens is 2. The average Bonchev–Trinajstić information content (AvgIpc) is 2.32. The fourth-order valence-corrected chi connectivity index (χ4v) is 1.56. The van der Waals surface area contributed by atoms with Crippen molar-refractivity contribution < 1.29 is 23.5 Å². The SMILES string of the molecule is CC(C)C(CC(=O)O)NC(=O)Nc1cc(F)ccc1F. The van der Waals surface area contributed by atoms with Gasteiger partial charge in [0.05, 0.1) is 12.1 Å². The third kappa shape index (κ3) is 4.83. The number of aliphatic carboxylic acids is 1. The molecule has 0 radical (unpaired) electrons. The van der Waals surface area contributed by atoms with Gasteiger partial charge in [0.1, 0.15) is 11.6 Å². The van der Waals surface area contributed by atoms with E-state index in [1.165, 1.54) is 0 Å². The van der Waals surface area contributed by atoms with E-state index < -0.39 is 29.7 Å². The molecule has 1 atom stereocenters. The first-order valence-electron chi connectivity index (χ1n) is 6.04. The van der Waals surface area contributed by atoms with E-state index >= 15 is 0 Å². The van der Waals surface area contributed by atoms with Gasteiger partial charge in [0, 0.05) is 12.1 Å². The summed E-state index contributed by atoms with van der Waals surface area (Å²) in [5.74, 6) is -2.64. The standard InChI is InChI=1S/C13H16F2N2O3/c1-7(2)10(6-12(18)19)16-13(20)17-11-5-8(14)3-4-9(11)15/h3-5,7,10H,6H2,1-2H3,(H,18,19)(H2,16,17,20). The van der Waals surface area contributed by atoms with Crippen molar-refractivity contribution in [1.82, 2.24) is 5.32 Å². The average molecular weight is 286 g/mol. The number of carboxylic acids is 1. The van der Waals surface area contributed by atoms with Gasteiger partial charge < -0.3 is 15.7 Å². The summed E-state index contributed by atoms with van der Waals surface area (Å²) in [6.07, 6.45) is -0.253. The van der Waals surface area contributed by atoms with Crippen molar-refractivity contribution in [2.45, 2.75) is 26.3 Å². The van der Waals surface area contributed by atoms with Gasteiger partial charge in [-0.25, -0.2) is 13.6 Å². The van der Waals surface area contributed by atoms with Gasteiger partial charge >= 0.3 is 12.0 Å². The molecule has 1 aromatic rings. The molecule has 110 valence electrons. The maximum atomic E-state index is 13.3. The Morgan fingerprint density at radius 3 is 2.50 bits per heavy atom. The van der Waals surface area contributed by atoms with Crippen molar-refractivity contribution in [1.29, 1.82) is 0 Å². The summed E-state index contributed by atoms with van der Waals surface area (Å²) in [7, 11) is 0. The number of hydrogen-bond acceptors (Lipinski definition) is 2. The molecule has 0 saturated carbocycles. The first kappa shape index (κ1) is 15.9. The Morgan fingerprint density at radius 1 is 1.30 bits per heavy atom. The zero-order valence-electron chi connectivity index (χ0n) is 11.1. The second kappa shape index (κ2) is 6.83. The van der Waals surface area contributed by atoms with Crippen LogP contribution in [0.3, 0.4) is 0 Å². The number of benzene rings is 1. The van der Waals surface area contributed by atoms with E-state index in [2.05, 4.69) is 10.6 Å². The molecule has 0 spiro atoms. The molecule has 0 aliphatic rings. The summed E-state index contributed by atoms with van der Waals surface area (Å²) >= 11 is 0. The maximum Gasteiger partial charge on any atom is 0.319 e. The predicted molar refractivity (Wildman–Crippen MR) is 69.4 cm³/mol. The van der Waals surface area contributed by atoms with Gasteiger partial charge in [0.2, 0.25) is 0 Å². The zero-order valence-corrected chi connectivity index (χ0v) is 11.1. The van der Waals surface area contributed by atoms with Gasteiger partial charge in [0.15, 0.2) is 0 Å². The number of urea groups is 1. The largest absolute Gasteiger partial charge is 0.481 e. The summed E-state index contributed by atoms with van der Waals surface area (Å²) in [6.45, 7) is 3.49. The second-order valence-corrected chi connectivity index (χ2v) is 4.67. The Bertz CT molecular complexity index is 506. The summed E-state index contributed by atoms with van der Waals surface area (Å²) in [6, 6.07) is 1.27. The van der Waals surface area contributed by atoms with E-state index in [1.54, 1.807) is 13.8 Å². The van der Waals surface area contributed by atoms with E-state index in [9.17, 15) is 18.4 Å². The minimum Gasteiger partial charge on any atom is -0.481 e. The number of carboxylic acid groups (broad SMARTS) is 1. The van der Waals surface area contributed by atoms with Gasteiger partial charge in [0.25, 0.3) is 0 Å². The highest BCUT2D eigenvalue weighted by Gasteiger charge is 2.20. The topological polar surface area (TPSA) is 78.4 Å². The minimum absolute atomic E-state index is 0.116. The number of nitrogens with one attached hydrogen (secondary N) is 2. The number of amides is 2. The molecule has 7 heteroatoms. The molecule has 1 aromatic carbocycles. The molecule has 5 nitrogen and oxygen atoms in total. The molecule has 2 amide bonds. The van der Waals surface area contributed by atoms with Crippen molar-refractivity contribution in [3.8, 4) is 0 Å². The van der Waals surface area contributed by atoms with Crippen LogP contribution in [0.5, 0.6) is 0 Å². The van der Waals surface area contributed by atoms with Crippen molar-refractivity contribution in [3.63, 3.8) is 0 Å². The lowest BCUT2D eigenvalue weighted by Crippen LogP contribution is -2.42. The molecule has 0 saturated heterocycles. The molecule has 1 rings (SSSR count). The molecular formula is C13H16F2N2O3. The summed E-state index contributed by atoms with van der Waals surface area (Å²) in [5.41, 5.74) is -0.305. The highest BCUT2D eigenvalue weighted by molar-refractivity contribution is 5.89. The normalized spacial score (nSPS) is 12.1. The van der Waals surface area contributed by atoms with Gasteiger partial charge in [-0.3, -0.25) is 4.79 Å². The Labute approximate surface area is 115 Å². The highest BCUT2D eigenvalue weighted by Crippen LogP contribution is 2.15. The highest BCUT2D eigenvalue weighted by atomic mass is 19.1. The Kier molecular flexibility index (Phi) is 5.42. The van der Waals surface area contributed by atoms with Crippen LogP contribution in [0.25, 0.3) is 0 Å². The number of hydrogen-bond donors (Lipinski definition) is 3. The quantitative estimate of drug-likeness (QED) is 0.778. The molecule has 1 unspecified atom stereocenters. The first-order valence-corrected chi connectivity index (χ1v) is 6.04. The molecule has 3 N–H and O–H groups in total. The monoisotopic (exact) mass is 286 g/mol. The molecule has 0 aliphatic heterocycles. The third-order valence-electron chi connectivity index (χ3n) is 2.69. The first-order chi connectivity index (χ1) is 9.29. The van der Waals surface area contributed by atoms with Crippen LogP contribution in [0.2, 0.25) is 0 Å². The summed E-state index contributed by atoms with van der Waals surface area (Å²) < 4.78 is 26.3. The summed E-state index contributed by atoms with van der Waals surface area (Å²) in [5, 5.41) is 13.3. The lowest BCUT2D eigenvalue weighted by Gasteiger charge is -2.20. The van der Waals surface area contributed by atoms with Crippen molar-refractivity contribution in [2.75, 3.05) is 5.32 Å². The number of anilines is 1. The molecule has 0 aromatic heterocycles. The lowest BCUT2D eigenvalue weighted by atomic mass is 10.0. The van der Waals surface area contributed by atoms with Gasteiger partial charge in [-0.2, -0.15) is 0 Å². The fraction of sp³-hybridized carbons (Fsp3) is 0.385. The summed E-state index contributed by atoms with van der Waals surface area (Å²) in [4.78, 5) is 22.3. The Morgan fingerprint density at radius 2 is 1.95 bits per heavy atom. The lowest BCUT2D eigenvalue weighted by molar-refractivity contribution is -0.137. The van der Waals surface area contributed by atoms with E-state index in [-0.39, 0.29) is 18.0 Å². The number of rotatable bonds is 5. The zero-order chi connectivity index (χ0) is 15.3. The van der Waals surface area contributed by atoms with E-state index in [0.29, 0.717) is 0 Å². The van der Waals surface area contributed by atoms with Crippen molar-refractivity contribution in [3.05, 3.63) is 29.8 Å². The molecule has 0 aliphatic carbocycles. The molecule has 0 heterocycles. The maximum absolute atomic E-state index is 13.3. The number of carbonyl (C=O) groups is 2. The van der Waals surface area contributed by atoms with Crippen LogP contribution in [-0.2, 0) is 4.79 Å². The Balaban J connectivity index is 2.70. The van der Waals surface area contributed by atoms with Crippen LogP contribution >= 0.6 is 0 Å². The van der Waals surface area contributed by atoms with Crippen molar-refractivity contribution in [2.24, 2.45) is 5.92 Å². The van der Waals surface area contributed by atoms with Crippen molar-refractivity contribution >= 4 is 17.7 Å². The Hall–Kier alpha value is -2.18. The van der Waals surface area contributed by atoms with Crippen LogP contribution in [0, 0.1) is 17.6 Å². The van der Waals surface area contributed by atoms with Crippen LogP contribution in [0.1, 0.15) is 20.3 Å². The van der Waals surface area contributed by atoms with E-state index in [0.717, 1.165) is 18.2 Å². The molecule has 20 heavy (non-hydrogen) atoms. The van der Waals surface area contributed by atoms with Gasteiger partial charge in [-0.05, 0) is 18.1 Å². The van der Waals surface area contributed by atoms with Crippen LogP contribution < -0.4 is 10.6 Å². The van der Waals surface area contributed by atoms with E-state index in [1.807, 2.05) is 0 Å². The second-order valence-electron chi connectivity index (χ2n) is 4.67. The van der Waals surface area contributed by atoms with Crippen LogP contribution in [0.4, 0.5) is 19.3 Å². The molecule has 0 fully saturated rings. The van der Waals surface area contributed by atoms with E-state index in [4.69, 9.17) is 5.11 Å². The van der Waals surface area contributed by atoms with Gasteiger partial charge in [-0.15, -0.1) is 0 Å². The molecule has 0 bridgehead atoms. The van der Waals surface area contributed by atoms with Crippen LogP contribution in [0.15, 0.2) is 18.2 Å². The smallest absolute Gasteiger partial charge is 0.319 e. The number of carbonyl (C=O) groups excluding carboxylic acids is 1. The van der Waals surface area contributed by atoms with Crippen LogP contribution in [-0.4, -0.2) is 23.1 Å². The molecular weight excluding hydrogens is 270 g/mol. The fourth-order valence-electron chi connectivity index (χ4n) is 1.56. The minimum atomic E-state index is -1.05. The third-order valence-corrected chi connectivity index (χ3v) is 2.69. The predicted octanol–water partition coefficient (Wildman–Crippen LogP) is 2.59.